The highest BCUT2D eigenvalue weighted by Crippen LogP contribution is 2.36. The van der Waals surface area contributed by atoms with Gasteiger partial charge in [-0.15, -0.1) is 0 Å². The predicted octanol–water partition coefficient (Wildman–Crippen LogP) is 1.80. The maximum atomic E-state index is 12.5. The third kappa shape index (κ3) is 6.86. The summed E-state index contributed by atoms with van der Waals surface area (Å²) in [6.07, 6.45) is -3.15. The Bertz CT molecular complexity index is 1560. The maximum Gasteiger partial charge on any atom is 0.251 e. The molecule has 1 aromatic heterocycles. The number of ether oxygens (including phenoxy) is 2. The van der Waals surface area contributed by atoms with Crippen LogP contribution >= 0.6 is 0 Å². The Hall–Kier alpha value is -4.04. The van der Waals surface area contributed by atoms with E-state index in [-0.39, 0.29) is 25.7 Å². The Kier molecular flexibility index (Phi) is 10.4. The van der Waals surface area contributed by atoms with E-state index in [1.54, 1.807) is 22.8 Å². The molecule has 1 amide bonds. The van der Waals surface area contributed by atoms with Gasteiger partial charge in [0.25, 0.3) is 5.91 Å². The van der Waals surface area contributed by atoms with Crippen LogP contribution in [0.2, 0.25) is 0 Å². The first-order valence-corrected chi connectivity index (χ1v) is 14.6. The summed E-state index contributed by atoms with van der Waals surface area (Å²) in [6, 6.07) is 20.3. The van der Waals surface area contributed by atoms with E-state index >= 15 is 0 Å². The molecule has 0 radical (unpaired) electrons. The number of anilines is 1. The van der Waals surface area contributed by atoms with Crippen molar-refractivity contribution < 1.29 is 39.8 Å². The van der Waals surface area contributed by atoms with Crippen LogP contribution in [0.25, 0.3) is 22.2 Å². The van der Waals surface area contributed by atoms with Gasteiger partial charge in [-0.2, -0.15) is 0 Å². The van der Waals surface area contributed by atoms with Crippen LogP contribution < -0.4 is 15.4 Å². The summed E-state index contributed by atoms with van der Waals surface area (Å²) < 4.78 is 13.7. The van der Waals surface area contributed by atoms with Gasteiger partial charge in [0.05, 0.1) is 30.9 Å². The van der Waals surface area contributed by atoms with Gasteiger partial charge in [-0.1, -0.05) is 36.4 Å². The van der Waals surface area contributed by atoms with Gasteiger partial charge in [0.2, 0.25) is 5.95 Å². The molecule has 1 fully saturated rings. The molecule has 1 aliphatic rings. The number of carbonyl (C=O) groups is 1. The highest BCUT2D eigenvalue weighted by atomic mass is 16.6. The van der Waals surface area contributed by atoms with Crippen molar-refractivity contribution in [2.45, 2.75) is 43.9 Å². The van der Waals surface area contributed by atoms with Crippen LogP contribution in [0, 0.1) is 0 Å². The highest BCUT2D eigenvalue weighted by Gasteiger charge is 2.44. The number of nitrogens with one attached hydrogen (secondary N) is 2. The minimum absolute atomic E-state index is 0.0711. The van der Waals surface area contributed by atoms with E-state index in [1.807, 2.05) is 48.5 Å². The van der Waals surface area contributed by atoms with Crippen molar-refractivity contribution in [2.75, 3.05) is 38.3 Å². The minimum atomic E-state index is -1.27. The largest absolute Gasteiger partial charge is 0.493 e. The number of aliphatic hydroxyl groups excluding tert-OH is 5. The monoisotopic (exact) mass is 606 g/mol. The summed E-state index contributed by atoms with van der Waals surface area (Å²) >= 11 is 0. The van der Waals surface area contributed by atoms with E-state index in [2.05, 4.69) is 10.6 Å². The van der Waals surface area contributed by atoms with Gasteiger partial charge >= 0.3 is 0 Å². The van der Waals surface area contributed by atoms with Crippen molar-refractivity contribution in [3.8, 4) is 16.9 Å². The number of aliphatic hydroxyl groups is 5. The van der Waals surface area contributed by atoms with Crippen molar-refractivity contribution in [1.82, 2.24) is 14.9 Å². The summed E-state index contributed by atoms with van der Waals surface area (Å²) in [5.74, 6) is 0.730. The number of fused-ring (bicyclic) bond motifs is 1. The van der Waals surface area contributed by atoms with E-state index in [0.717, 1.165) is 16.7 Å². The van der Waals surface area contributed by atoms with Gasteiger partial charge in [-0.25, -0.2) is 4.98 Å². The van der Waals surface area contributed by atoms with Gasteiger partial charge in [-0.05, 0) is 54.3 Å². The second-order valence-electron chi connectivity index (χ2n) is 10.5. The van der Waals surface area contributed by atoms with Crippen LogP contribution in [0.3, 0.4) is 0 Å². The number of para-hydroxylation sites is 2. The molecule has 44 heavy (non-hydrogen) atoms. The molecule has 234 valence electrons. The van der Waals surface area contributed by atoms with Crippen LogP contribution in [0.4, 0.5) is 5.95 Å². The third-order valence-electron chi connectivity index (χ3n) is 7.51. The molecule has 3 aromatic carbocycles. The summed E-state index contributed by atoms with van der Waals surface area (Å²) in [5.41, 5.74) is 4.24. The van der Waals surface area contributed by atoms with E-state index < -0.39 is 31.1 Å². The van der Waals surface area contributed by atoms with Gasteiger partial charge in [0.1, 0.15) is 24.1 Å². The molecule has 7 N–H and O–H groups in total. The first kappa shape index (κ1) is 31.4. The summed E-state index contributed by atoms with van der Waals surface area (Å²) in [6.45, 7) is 0.362. The molecule has 0 unspecified atom stereocenters. The van der Waals surface area contributed by atoms with Crippen molar-refractivity contribution in [3.63, 3.8) is 0 Å². The number of unbranched alkanes of at least 4 members (excludes halogenated alkanes) is 1. The molecular formula is C32H38N4O8. The van der Waals surface area contributed by atoms with Crippen molar-refractivity contribution in [1.29, 1.82) is 0 Å². The molecule has 4 atom stereocenters. The highest BCUT2D eigenvalue weighted by molar-refractivity contribution is 5.95. The molecule has 1 saturated heterocycles. The quantitative estimate of drug-likeness (QED) is 0.105. The fraction of sp³-hybridized carbons (Fsp3) is 0.375. The van der Waals surface area contributed by atoms with Crippen LogP contribution in [-0.2, 0) is 11.3 Å². The summed E-state index contributed by atoms with van der Waals surface area (Å²) in [5, 5.41) is 55.0. The van der Waals surface area contributed by atoms with Crippen molar-refractivity contribution in [2.24, 2.45) is 0 Å². The molecule has 2 heterocycles. The molecule has 4 aromatic rings. The number of benzene rings is 3. The lowest BCUT2D eigenvalue weighted by Crippen LogP contribution is -2.33. The van der Waals surface area contributed by atoms with E-state index in [0.29, 0.717) is 54.3 Å². The van der Waals surface area contributed by atoms with Crippen LogP contribution in [0.1, 0.15) is 35.0 Å². The third-order valence-corrected chi connectivity index (χ3v) is 7.51. The number of aromatic nitrogens is 2. The van der Waals surface area contributed by atoms with Gasteiger partial charge in [-0.3, -0.25) is 9.36 Å². The normalized spacial score (nSPS) is 19.8. The molecule has 1 aliphatic heterocycles. The molecule has 0 bridgehead atoms. The number of rotatable bonds is 14. The second-order valence-corrected chi connectivity index (χ2v) is 10.5. The van der Waals surface area contributed by atoms with E-state index in [9.17, 15) is 25.2 Å². The number of hydrogen-bond acceptors (Lipinski definition) is 10. The lowest BCUT2D eigenvalue weighted by Gasteiger charge is -2.20. The van der Waals surface area contributed by atoms with Crippen molar-refractivity contribution in [3.05, 3.63) is 77.9 Å². The average Bonchev–Trinajstić information content (AvgIpc) is 3.56. The van der Waals surface area contributed by atoms with Gasteiger partial charge in [0.15, 0.2) is 6.23 Å². The zero-order chi connectivity index (χ0) is 31.1. The standard InChI is InChI=1S/C32H38N4O8/c37-13-3-4-15-43-26-16-20(10-11-23(26)21-6-5-7-22(17-21)30(42)33-12-14-38)18-34-32-35-24-8-1-2-9-25(24)36(32)31-29(41)28(40)27(19-39)44-31/h1-2,5-11,16-17,27-29,31,37-41H,3-4,12-15,18-19H2,(H,33,42)(H,34,35)/t27-,28-,29-,31-/m1/s1. The Morgan fingerprint density at radius 2 is 1.80 bits per heavy atom. The lowest BCUT2D eigenvalue weighted by molar-refractivity contribution is -0.0499. The van der Waals surface area contributed by atoms with Gasteiger partial charge < -0.3 is 45.6 Å². The molecule has 12 nitrogen and oxygen atoms in total. The Morgan fingerprint density at radius 1 is 0.955 bits per heavy atom. The van der Waals surface area contributed by atoms with E-state index in [4.69, 9.17) is 19.6 Å². The SMILES string of the molecule is O=C(NCCO)c1cccc(-c2ccc(CNc3nc4ccccc4n3[C@@H]3O[C@H](CO)[C@@H](O)[C@H]3O)cc2OCCCCO)c1. The number of carbonyl (C=O) groups excluding carboxylic acids is 1. The number of amides is 1. The number of imidazole rings is 1. The average molecular weight is 607 g/mol. The molecule has 0 spiro atoms. The van der Waals surface area contributed by atoms with Crippen molar-refractivity contribution >= 4 is 22.9 Å². The fourth-order valence-corrected chi connectivity index (χ4v) is 5.23. The second kappa shape index (κ2) is 14.6. The van der Waals surface area contributed by atoms with Crippen LogP contribution in [0.15, 0.2) is 66.7 Å². The number of nitrogens with zero attached hydrogens (tertiary/aromatic N) is 2. The molecular weight excluding hydrogens is 568 g/mol. The lowest BCUT2D eigenvalue weighted by atomic mass is 10.00. The first-order valence-electron chi connectivity index (χ1n) is 14.6. The zero-order valence-corrected chi connectivity index (χ0v) is 24.2. The van der Waals surface area contributed by atoms with E-state index in [1.165, 1.54) is 0 Å². The predicted molar refractivity (Wildman–Crippen MR) is 163 cm³/mol. The smallest absolute Gasteiger partial charge is 0.251 e. The Morgan fingerprint density at radius 3 is 2.57 bits per heavy atom. The molecule has 0 saturated carbocycles. The minimum Gasteiger partial charge on any atom is -0.493 e. The Balaban J connectivity index is 1.42. The van der Waals surface area contributed by atoms with Gasteiger partial charge in [0, 0.05) is 30.8 Å². The summed E-state index contributed by atoms with van der Waals surface area (Å²) in [4.78, 5) is 17.2. The number of hydrogen-bond donors (Lipinski definition) is 7. The zero-order valence-electron chi connectivity index (χ0n) is 24.2. The topological polar surface area (TPSA) is 179 Å². The molecule has 0 aliphatic carbocycles. The summed E-state index contributed by atoms with van der Waals surface area (Å²) in [7, 11) is 0. The molecule has 12 heteroatoms. The first-order chi connectivity index (χ1) is 21.4. The van der Waals surface area contributed by atoms with Crippen LogP contribution in [-0.4, -0.2) is 92.3 Å². The molecule has 5 rings (SSSR count). The Labute approximate surface area is 254 Å². The maximum absolute atomic E-state index is 12.5. The van der Waals surface area contributed by atoms with Crippen LogP contribution in [0.5, 0.6) is 5.75 Å². The fourth-order valence-electron chi connectivity index (χ4n) is 5.23.